The van der Waals surface area contributed by atoms with Crippen LogP contribution < -0.4 is 10.6 Å². The molecule has 1 aliphatic heterocycles. The first-order valence-corrected chi connectivity index (χ1v) is 9.79. The minimum absolute atomic E-state index is 0.0262. The van der Waals surface area contributed by atoms with Crippen molar-refractivity contribution in [2.24, 2.45) is 5.41 Å². The number of carbonyl (C=O) groups is 4. The van der Waals surface area contributed by atoms with Crippen LogP contribution in [0.1, 0.15) is 39.5 Å². The van der Waals surface area contributed by atoms with Gasteiger partial charge in [0.1, 0.15) is 0 Å². The summed E-state index contributed by atoms with van der Waals surface area (Å²) in [7, 11) is 0. The van der Waals surface area contributed by atoms with Gasteiger partial charge < -0.3 is 29.6 Å². The van der Waals surface area contributed by atoms with Crippen LogP contribution in [0.4, 0.5) is 0 Å². The molecule has 0 saturated carbocycles. The molecule has 1 heterocycles. The van der Waals surface area contributed by atoms with Crippen LogP contribution in [0.15, 0.2) is 0 Å². The minimum Gasteiger partial charge on any atom is -0.465 e. The quantitative estimate of drug-likeness (QED) is 0.526. The lowest BCUT2D eigenvalue weighted by Gasteiger charge is -2.23. The summed E-state index contributed by atoms with van der Waals surface area (Å²) >= 11 is 0. The number of carbonyl (C=O) groups excluding carboxylic acids is 4. The highest BCUT2D eigenvalue weighted by molar-refractivity contribution is 5.81. The number of nitrogens with one attached hydrogen (secondary N) is 2. The molecular formula is C19H32N2O8. The van der Waals surface area contributed by atoms with E-state index in [4.69, 9.17) is 18.9 Å². The van der Waals surface area contributed by atoms with Crippen molar-refractivity contribution in [1.82, 2.24) is 10.6 Å². The fraction of sp³-hybridized carbons (Fsp3) is 0.789. The van der Waals surface area contributed by atoms with Crippen LogP contribution in [0.5, 0.6) is 0 Å². The maximum atomic E-state index is 11.8. The first-order valence-electron chi connectivity index (χ1n) is 9.79. The molecule has 2 N–H and O–H groups in total. The minimum atomic E-state index is -0.584. The summed E-state index contributed by atoms with van der Waals surface area (Å²) in [5.74, 6) is -1.51. The summed E-state index contributed by atoms with van der Waals surface area (Å²) in [6.45, 7) is 5.73. The van der Waals surface area contributed by atoms with E-state index in [2.05, 4.69) is 10.6 Å². The van der Waals surface area contributed by atoms with Crippen molar-refractivity contribution in [3.63, 3.8) is 0 Å². The van der Waals surface area contributed by atoms with Gasteiger partial charge in [-0.3, -0.25) is 19.2 Å². The maximum Gasteiger partial charge on any atom is 0.306 e. The smallest absolute Gasteiger partial charge is 0.306 e. The Morgan fingerprint density at radius 3 is 1.48 bits per heavy atom. The van der Waals surface area contributed by atoms with E-state index in [0.29, 0.717) is 39.5 Å². The predicted octanol–water partition coefficient (Wildman–Crippen LogP) is -0.0614. The van der Waals surface area contributed by atoms with Crippen molar-refractivity contribution in [3.05, 3.63) is 0 Å². The van der Waals surface area contributed by atoms with Crippen LogP contribution in [0.2, 0.25) is 0 Å². The van der Waals surface area contributed by atoms with E-state index in [1.165, 1.54) is 0 Å². The molecule has 1 fully saturated rings. The number of ether oxygens (including phenoxy) is 4. The Hall–Kier alpha value is -2.20. The summed E-state index contributed by atoms with van der Waals surface area (Å²) < 4.78 is 21.0. The highest BCUT2D eigenvalue weighted by Crippen LogP contribution is 2.17. The van der Waals surface area contributed by atoms with Crippen LogP contribution in [0.3, 0.4) is 0 Å². The van der Waals surface area contributed by atoms with Crippen LogP contribution in [0.25, 0.3) is 0 Å². The van der Waals surface area contributed by atoms with Crippen LogP contribution in [-0.4, -0.2) is 76.5 Å². The van der Waals surface area contributed by atoms with Crippen LogP contribution >= 0.6 is 0 Å². The number of hydrogen-bond donors (Lipinski definition) is 2. The number of esters is 2. The van der Waals surface area contributed by atoms with Gasteiger partial charge in [-0.05, 0) is 0 Å². The lowest BCUT2D eigenvalue weighted by atomic mass is 9.96. The molecule has 0 aromatic heterocycles. The van der Waals surface area contributed by atoms with Crippen molar-refractivity contribution in [2.45, 2.75) is 39.5 Å². The van der Waals surface area contributed by atoms with Gasteiger partial charge in [0.15, 0.2) is 0 Å². The molecule has 0 aromatic carbocycles. The molecule has 1 saturated heterocycles. The van der Waals surface area contributed by atoms with Gasteiger partial charge in [-0.15, -0.1) is 0 Å². The summed E-state index contributed by atoms with van der Waals surface area (Å²) in [5.41, 5.74) is -0.584. The largest absolute Gasteiger partial charge is 0.465 e. The fourth-order valence-electron chi connectivity index (χ4n) is 2.19. The Kier molecular flexibility index (Phi) is 11.9. The van der Waals surface area contributed by atoms with E-state index in [0.717, 1.165) is 0 Å². The third-order valence-electron chi connectivity index (χ3n) is 3.87. The zero-order valence-corrected chi connectivity index (χ0v) is 17.3. The van der Waals surface area contributed by atoms with Crippen molar-refractivity contribution in [3.8, 4) is 0 Å². The van der Waals surface area contributed by atoms with Gasteiger partial charge in [0, 0.05) is 31.3 Å². The second-order valence-electron chi connectivity index (χ2n) is 7.41. The summed E-state index contributed by atoms with van der Waals surface area (Å²) in [5, 5.41) is 5.31. The van der Waals surface area contributed by atoms with Gasteiger partial charge in [-0.1, -0.05) is 13.8 Å². The third kappa shape index (κ3) is 13.6. The van der Waals surface area contributed by atoms with Gasteiger partial charge in [0.05, 0.1) is 52.5 Å². The van der Waals surface area contributed by atoms with E-state index < -0.39 is 17.4 Å². The summed E-state index contributed by atoms with van der Waals surface area (Å²) in [4.78, 5) is 47.0. The molecule has 10 nitrogen and oxygen atoms in total. The molecule has 166 valence electrons. The number of amides is 2. The van der Waals surface area contributed by atoms with Gasteiger partial charge >= 0.3 is 11.9 Å². The third-order valence-corrected chi connectivity index (χ3v) is 3.87. The molecule has 1 rings (SSSR count). The Balaban J connectivity index is 2.48. The van der Waals surface area contributed by atoms with Crippen molar-refractivity contribution in [2.75, 3.05) is 52.7 Å². The standard InChI is InChI=1S/C19H32N2O8/c1-19(2)13-28-17(24)5-3-15(22)20-7-9-26-11-12-27-10-8-21-16(23)4-6-18(25)29-14-19/h3-14H2,1-2H3,(H,20,22)(H,21,23). The molecule has 0 aliphatic carbocycles. The molecule has 10 heteroatoms. The Labute approximate surface area is 171 Å². The van der Waals surface area contributed by atoms with E-state index in [1.807, 2.05) is 0 Å². The highest BCUT2D eigenvalue weighted by atomic mass is 16.5. The van der Waals surface area contributed by atoms with Crippen molar-refractivity contribution < 1.29 is 38.1 Å². The Morgan fingerprint density at radius 1 is 0.655 bits per heavy atom. The molecule has 0 aromatic rings. The Morgan fingerprint density at radius 2 is 1.07 bits per heavy atom. The second kappa shape index (κ2) is 13.9. The monoisotopic (exact) mass is 416 g/mol. The van der Waals surface area contributed by atoms with Gasteiger partial charge in [0.2, 0.25) is 11.8 Å². The first-order chi connectivity index (χ1) is 13.8. The van der Waals surface area contributed by atoms with Crippen molar-refractivity contribution in [1.29, 1.82) is 0 Å². The average Bonchev–Trinajstić information content (AvgIpc) is 2.68. The van der Waals surface area contributed by atoms with Gasteiger partial charge in [-0.2, -0.15) is 0 Å². The lowest BCUT2D eigenvalue weighted by Crippen LogP contribution is -2.30. The Bertz CT molecular complexity index is 504. The zero-order chi connectivity index (χ0) is 21.5. The van der Waals surface area contributed by atoms with Gasteiger partial charge in [-0.25, -0.2) is 0 Å². The van der Waals surface area contributed by atoms with Crippen molar-refractivity contribution >= 4 is 23.8 Å². The number of rotatable bonds is 0. The summed E-state index contributed by atoms with van der Waals surface area (Å²) in [6.07, 6.45) is -0.0200. The number of hydrogen-bond acceptors (Lipinski definition) is 8. The van der Waals surface area contributed by atoms with E-state index >= 15 is 0 Å². The molecular weight excluding hydrogens is 384 g/mol. The number of cyclic esters (lactones) is 2. The molecule has 2 amide bonds. The fourth-order valence-corrected chi connectivity index (χ4v) is 2.19. The van der Waals surface area contributed by atoms with E-state index in [-0.39, 0.29) is 50.7 Å². The van der Waals surface area contributed by atoms with Crippen LogP contribution in [0, 0.1) is 5.41 Å². The molecule has 0 radical (unpaired) electrons. The lowest BCUT2D eigenvalue weighted by molar-refractivity contribution is -0.153. The normalized spacial score (nSPS) is 22.6. The van der Waals surface area contributed by atoms with E-state index in [1.54, 1.807) is 13.8 Å². The second-order valence-corrected chi connectivity index (χ2v) is 7.41. The van der Waals surface area contributed by atoms with Gasteiger partial charge in [0.25, 0.3) is 0 Å². The average molecular weight is 416 g/mol. The highest BCUT2D eigenvalue weighted by Gasteiger charge is 2.23. The summed E-state index contributed by atoms with van der Waals surface area (Å²) in [6, 6.07) is 0. The zero-order valence-electron chi connectivity index (χ0n) is 17.3. The molecule has 0 atom stereocenters. The van der Waals surface area contributed by atoms with Crippen LogP contribution in [-0.2, 0) is 38.1 Å². The first kappa shape index (κ1) is 24.8. The molecule has 29 heavy (non-hydrogen) atoms. The molecule has 0 spiro atoms. The SMILES string of the molecule is CC1(C)COC(=O)CCC(=O)NCCOCCOCCNC(=O)CCC(=O)OC1. The topological polar surface area (TPSA) is 129 Å². The molecule has 0 unspecified atom stereocenters. The molecule has 0 bridgehead atoms. The predicted molar refractivity (Wildman–Crippen MR) is 102 cm³/mol. The molecule has 1 aliphatic rings. The maximum absolute atomic E-state index is 11.8. The van der Waals surface area contributed by atoms with E-state index in [9.17, 15) is 19.2 Å².